The van der Waals surface area contributed by atoms with Crippen LogP contribution in [0, 0.1) is 13.8 Å². The molecule has 4 amide bonds. The molecule has 1 unspecified atom stereocenters. The molecule has 1 atom stereocenters. The van der Waals surface area contributed by atoms with Gasteiger partial charge in [-0.2, -0.15) is 0 Å². The van der Waals surface area contributed by atoms with E-state index >= 15 is 0 Å². The van der Waals surface area contributed by atoms with Gasteiger partial charge in [0, 0.05) is 32.1 Å². The van der Waals surface area contributed by atoms with Crippen molar-refractivity contribution in [3.8, 4) is 0 Å². The van der Waals surface area contributed by atoms with Crippen molar-refractivity contribution in [2.75, 3.05) is 30.4 Å². The molecular weight excluding hydrogens is 432 g/mol. The summed E-state index contributed by atoms with van der Waals surface area (Å²) >= 11 is 0. The Balaban J connectivity index is 1.42. The predicted octanol–water partition coefficient (Wildman–Crippen LogP) is 3.09. The van der Waals surface area contributed by atoms with Crippen molar-refractivity contribution in [3.05, 3.63) is 59.2 Å². The number of fused-ring (bicyclic) bond motifs is 3. The summed E-state index contributed by atoms with van der Waals surface area (Å²) < 4.78 is 0. The molecule has 2 aromatic carbocycles. The molecule has 1 N–H and O–H groups in total. The van der Waals surface area contributed by atoms with Gasteiger partial charge >= 0.3 is 0 Å². The van der Waals surface area contributed by atoms with Crippen molar-refractivity contribution in [1.82, 2.24) is 9.80 Å². The third-order valence-corrected chi connectivity index (χ3v) is 6.85. The highest BCUT2D eigenvalue weighted by molar-refractivity contribution is 6.10. The first-order chi connectivity index (χ1) is 16.1. The summed E-state index contributed by atoms with van der Waals surface area (Å²) in [5, 5.41) is 2.89. The van der Waals surface area contributed by atoms with Gasteiger partial charge in [0.05, 0.1) is 17.8 Å². The van der Waals surface area contributed by atoms with Gasteiger partial charge in [-0.15, -0.1) is 0 Å². The Morgan fingerprint density at radius 1 is 1.06 bits per heavy atom. The molecule has 1 fully saturated rings. The number of nitrogens with zero attached hydrogens (tertiary/aromatic N) is 3. The Morgan fingerprint density at radius 2 is 1.74 bits per heavy atom. The maximum absolute atomic E-state index is 13.3. The zero-order chi connectivity index (χ0) is 24.6. The highest BCUT2D eigenvalue weighted by atomic mass is 16.2. The second-order valence-corrected chi connectivity index (χ2v) is 9.23. The van der Waals surface area contributed by atoms with Crippen LogP contribution in [-0.4, -0.2) is 59.2 Å². The molecular formula is C26H30N4O4. The number of hydrogen-bond acceptors (Lipinski definition) is 4. The van der Waals surface area contributed by atoms with Gasteiger partial charge in [-0.25, -0.2) is 0 Å². The molecule has 0 aromatic heterocycles. The lowest BCUT2D eigenvalue weighted by molar-refractivity contribution is -0.133. The number of likely N-dealkylation sites (N-methyl/N-ethyl adjacent to an activating group) is 1. The number of hydrogen-bond donors (Lipinski definition) is 1. The average molecular weight is 463 g/mol. The van der Waals surface area contributed by atoms with Gasteiger partial charge in [0.15, 0.2) is 0 Å². The van der Waals surface area contributed by atoms with Gasteiger partial charge in [-0.05, 0) is 50.5 Å². The van der Waals surface area contributed by atoms with Gasteiger partial charge < -0.3 is 15.1 Å². The Morgan fingerprint density at radius 3 is 2.44 bits per heavy atom. The van der Waals surface area contributed by atoms with Crippen LogP contribution in [0.2, 0.25) is 0 Å². The standard InChI is InChI=1S/C26H30N4O4/c1-17-8-7-9-18(2)24(17)27-21(31)16-28(4)22(32)13-15-29-25(34)19-10-5-6-11-20(19)30-23(33)12-14-26(29,30)3/h5-11H,12-16H2,1-4H3,(H,27,31). The fourth-order valence-corrected chi connectivity index (χ4v) is 4.93. The maximum atomic E-state index is 13.3. The molecule has 4 rings (SSSR count). The number of aryl methyl sites for hydroxylation is 2. The summed E-state index contributed by atoms with van der Waals surface area (Å²) in [6.45, 7) is 5.78. The van der Waals surface area contributed by atoms with Crippen molar-refractivity contribution < 1.29 is 19.2 Å². The lowest BCUT2D eigenvalue weighted by Crippen LogP contribution is -2.62. The van der Waals surface area contributed by atoms with Crippen LogP contribution in [0.15, 0.2) is 42.5 Å². The summed E-state index contributed by atoms with van der Waals surface area (Å²) in [6, 6.07) is 12.9. The first kappa shape index (κ1) is 23.5. The van der Waals surface area contributed by atoms with Crippen molar-refractivity contribution in [2.45, 2.75) is 45.7 Å². The fourth-order valence-electron chi connectivity index (χ4n) is 4.93. The SMILES string of the molecule is Cc1cccc(C)c1NC(=O)CN(C)C(=O)CCN1C(=O)c2ccccc2N2C(=O)CCC12C. The van der Waals surface area contributed by atoms with Gasteiger partial charge in [0.25, 0.3) is 5.91 Å². The molecule has 178 valence electrons. The van der Waals surface area contributed by atoms with Crippen LogP contribution >= 0.6 is 0 Å². The third kappa shape index (κ3) is 4.04. The minimum absolute atomic E-state index is 0.0286. The third-order valence-electron chi connectivity index (χ3n) is 6.85. The van der Waals surface area contributed by atoms with E-state index in [0.717, 1.165) is 16.8 Å². The summed E-state index contributed by atoms with van der Waals surface area (Å²) in [5.41, 5.74) is 2.95. The molecule has 0 spiro atoms. The summed E-state index contributed by atoms with van der Waals surface area (Å²) in [4.78, 5) is 56.0. The van der Waals surface area contributed by atoms with Crippen LogP contribution in [0.25, 0.3) is 0 Å². The van der Waals surface area contributed by atoms with Crippen LogP contribution in [0.1, 0.15) is 47.7 Å². The second-order valence-electron chi connectivity index (χ2n) is 9.23. The van der Waals surface area contributed by atoms with Crippen LogP contribution in [-0.2, 0) is 14.4 Å². The van der Waals surface area contributed by atoms with E-state index in [9.17, 15) is 19.2 Å². The smallest absolute Gasteiger partial charge is 0.257 e. The van der Waals surface area contributed by atoms with Gasteiger partial charge in [-0.1, -0.05) is 30.3 Å². The molecule has 0 aliphatic carbocycles. The summed E-state index contributed by atoms with van der Waals surface area (Å²) in [5.74, 6) is -0.745. The molecule has 8 nitrogen and oxygen atoms in total. The largest absolute Gasteiger partial charge is 0.336 e. The van der Waals surface area contributed by atoms with Crippen molar-refractivity contribution in [2.24, 2.45) is 0 Å². The summed E-state index contributed by atoms with van der Waals surface area (Å²) in [6.07, 6.45) is 0.910. The molecule has 1 saturated heterocycles. The van der Waals surface area contributed by atoms with Crippen LogP contribution in [0.5, 0.6) is 0 Å². The number of amides is 4. The van der Waals surface area contributed by atoms with E-state index in [1.54, 1.807) is 35.0 Å². The summed E-state index contributed by atoms with van der Waals surface area (Å²) in [7, 11) is 1.58. The van der Waals surface area contributed by atoms with E-state index in [1.165, 1.54) is 4.90 Å². The van der Waals surface area contributed by atoms with E-state index in [4.69, 9.17) is 0 Å². The Hall–Kier alpha value is -3.68. The zero-order valence-corrected chi connectivity index (χ0v) is 20.1. The van der Waals surface area contributed by atoms with Gasteiger partial charge in [0.1, 0.15) is 5.66 Å². The quantitative estimate of drug-likeness (QED) is 0.714. The molecule has 2 aromatic rings. The number of benzene rings is 2. The minimum Gasteiger partial charge on any atom is -0.336 e. The average Bonchev–Trinajstić information content (AvgIpc) is 3.11. The number of carbonyl (C=O) groups is 4. The minimum atomic E-state index is -0.804. The van der Waals surface area contributed by atoms with Crippen LogP contribution in [0.3, 0.4) is 0 Å². The lowest BCUT2D eigenvalue weighted by Gasteiger charge is -2.48. The molecule has 0 bridgehead atoms. The number of para-hydroxylation sites is 2. The predicted molar refractivity (Wildman–Crippen MR) is 129 cm³/mol. The Kier molecular flexibility index (Phi) is 6.17. The molecule has 2 aliphatic heterocycles. The van der Waals surface area contributed by atoms with Gasteiger partial charge in [-0.3, -0.25) is 24.1 Å². The molecule has 34 heavy (non-hydrogen) atoms. The Bertz CT molecular complexity index is 1160. The maximum Gasteiger partial charge on any atom is 0.257 e. The highest BCUT2D eigenvalue weighted by Crippen LogP contribution is 2.43. The first-order valence-electron chi connectivity index (χ1n) is 11.5. The van der Waals surface area contributed by atoms with E-state index in [0.29, 0.717) is 24.1 Å². The van der Waals surface area contributed by atoms with E-state index in [-0.39, 0.29) is 43.1 Å². The van der Waals surface area contributed by atoms with Crippen molar-refractivity contribution >= 4 is 35.0 Å². The van der Waals surface area contributed by atoms with Crippen LogP contribution < -0.4 is 10.2 Å². The Labute approximate surface area is 199 Å². The normalized spacial score (nSPS) is 19.1. The first-order valence-corrected chi connectivity index (χ1v) is 11.5. The van der Waals surface area contributed by atoms with Gasteiger partial charge in [0.2, 0.25) is 17.7 Å². The number of anilines is 2. The second kappa shape index (κ2) is 8.93. The van der Waals surface area contributed by atoms with E-state index in [2.05, 4.69) is 5.32 Å². The molecule has 0 radical (unpaired) electrons. The topological polar surface area (TPSA) is 90.0 Å². The molecule has 8 heteroatoms. The fraction of sp³-hybridized carbons (Fsp3) is 0.385. The molecule has 2 aliphatic rings. The van der Waals surface area contributed by atoms with Crippen molar-refractivity contribution in [3.63, 3.8) is 0 Å². The van der Waals surface area contributed by atoms with E-state index in [1.807, 2.05) is 45.0 Å². The number of nitrogens with one attached hydrogen (secondary N) is 1. The van der Waals surface area contributed by atoms with E-state index < -0.39 is 5.66 Å². The number of carbonyl (C=O) groups excluding carboxylic acids is 4. The lowest BCUT2D eigenvalue weighted by atomic mass is 9.98. The monoisotopic (exact) mass is 462 g/mol. The molecule has 0 saturated carbocycles. The highest BCUT2D eigenvalue weighted by Gasteiger charge is 2.52. The zero-order valence-electron chi connectivity index (χ0n) is 20.1. The molecule has 2 heterocycles. The number of rotatable bonds is 6. The van der Waals surface area contributed by atoms with Crippen molar-refractivity contribution in [1.29, 1.82) is 0 Å². The van der Waals surface area contributed by atoms with Crippen LogP contribution in [0.4, 0.5) is 11.4 Å².